The van der Waals surface area contributed by atoms with Gasteiger partial charge in [-0.1, -0.05) is 6.92 Å². The SMILES string of the molecule is CCc1[nH]nc(-c2n[nH]c(-c3ccco3)n2)c1C. The van der Waals surface area contributed by atoms with E-state index in [9.17, 15) is 0 Å². The first-order valence-corrected chi connectivity index (χ1v) is 5.80. The molecule has 2 N–H and O–H groups in total. The summed E-state index contributed by atoms with van der Waals surface area (Å²) < 4.78 is 5.26. The minimum atomic E-state index is 0.579. The van der Waals surface area contributed by atoms with E-state index in [0.29, 0.717) is 17.4 Å². The van der Waals surface area contributed by atoms with Gasteiger partial charge < -0.3 is 4.42 Å². The second kappa shape index (κ2) is 4.14. The predicted octanol–water partition coefficient (Wildman–Crippen LogP) is 2.33. The highest BCUT2D eigenvalue weighted by molar-refractivity contribution is 5.58. The van der Waals surface area contributed by atoms with Crippen molar-refractivity contribution in [3.05, 3.63) is 29.7 Å². The minimum Gasteiger partial charge on any atom is -0.461 e. The molecule has 6 heteroatoms. The van der Waals surface area contributed by atoms with Gasteiger partial charge in [-0.3, -0.25) is 10.2 Å². The Balaban J connectivity index is 2.00. The number of hydrogen-bond acceptors (Lipinski definition) is 4. The molecule has 0 spiro atoms. The van der Waals surface area contributed by atoms with Crippen LogP contribution in [0.4, 0.5) is 0 Å². The zero-order chi connectivity index (χ0) is 12.5. The van der Waals surface area contributed by atoms with Crippen LogP contribution in [0.1, 0.15) is 18.2 Å². The first kappa shape index (κ1) is 10.8. The molecule has 0 bridgehead atoms. The first-order chi connectivity index (χ1) is 8.79. The normalized spacial score (nSPS) is 11.0. The van der Waals surface area contributed by atoms with Crippen LogP contribution in [-0.4, -0.2) is 25.4 Å². The van der Waals surface area contributed by atoms with Gasteiger partial charge in [0.1, 0.15) is 5.69 Å². The predicted molar refractivity (Wildman–Crippen MR) is 65.8 cm³/mol. The van der Waals surface area contributed by atoms with E-state index < -0.39 is 0 Å². The maximum absolute atomic E-state index is 5.26. The Kier molecular flexibility index (Phi) is 2.47. The standard InChI is InChI=1S/C12H13N5O/c1-3-8-7(2)10(15-14-8)12-13-11(16-17-12)9-5-4-6-18-9/h4-6H,3H2,1-2H3,(H,14,15)(H,13,16,17). The fourth-order valence-electron chi connectivity index (χ4n) is 1.89. The van der Waals surface area contributed by atoms with Gasteiger partial charge in [0.15, 0.2) is 11.6 Å². The molecular formula is C12H13N5O. The number of aromatic amines is 2. The third-order valence-corrected chi connectivity index (χ3v) is 2.92. The summed E-state index contributed by atoms with van der Waals surface area (Å²) in [6.45, 7) is 4.09. The van der Waals surface area contributed by atoms with E-state index in [0.717, 1.165) is 23.4 Å². The highest BCUT2D eigenvalue weighted by Gasteiger charge is 2.15. The van der Waals surface area contributed by atoms with Crippen LogP contribution in [0.5, 0.6) is 0 Å². The summed E-state index contributed by atoms with van der Waals surface area (Å²) in [6.07, 6.45) is 2.51. The molecule has 0 aliphatic rings. The van der Waals surface area contributed by atoms with Crippen LogP contribution in [0.3, 0.4) is 0 Å². The fourth-order valence-corrected chi connectivity index (χ4v) is 1.89. The number of nitrogens with zero attached hydrogens (tertiary/aromatic N) is 3. The van der Waals surface area contributed by atoms with E-state index in [1.54, 1.807) is 6.26 Å². The monoisotopic (exact) mass is 243 g/mol. The molecule has 0 saturated heterocycles. The van der Waals surface area contributed by atoms with Crippen LogP contribution in [0.15, 0.2) is 22.8 Å². The molecule has 6 nitrogen and oxygen atoms in total. The lowest BCUT2D eigenvalue weighted by Gasteiger charge is -1.92. The Labute approximate surface area is 103 Å². The first-order valence-electron chi connectivity index (χ1n) is 5.80. The molecule has 3 rings (SSSR count). The minimum absolute atomic E-state index is 0.579. The summed E-state index contributed by atoms with van der Waals surface area (Å²) in [7, 11) is 0. The highest BCUT2D eigenvalue weighted by atomic mass is 16.3. The zero-order valence-electron chi connectivity index (χ0n) is 10.2. The maximum Gasteiger partial charge on any atom is 0.202 e. The molecule has 3 heterocycles. The molecule has 0 unspecified atom stereocenters. The van der Waals surface area contributed by atoms with E-state index in [2.05, 4.69) is 32.3 Å². The van der Waals surface area contributed by atoms with Crippen molar-refractivity contribution in [2.24, 2.45) is 0 Å². The van der Waals surface area contributed by atoms with Gasteiger partial charge in [0, 0.05) is 11.3 Å². The van der Waals surface area contributed by atoms with Gasteiger partial charge in [-0.15, -0.1) is 0 Å². The lowest BCUT2D eigenvalue weighted by atomic mass is 10.1. The van der Waals surface area contributed by atoms with E-state index in [4.69, 9.17) is 4.42 Å². The van der Waals surface area contributed by atoms with Crippen molar-refractivity contribution in [1.82, 2.24) is 25.4 Å². The second-order valence-corrected chi connectivity index (χ2v) is 4.01. The van der Waals surface area contributed by atoms with Crippen LogP contribution in [-0.2, 0) is 6.42 Å². The summed E-state index contributed by atoms with van der Waals surface area (Å²) in [5.41, 5.74) is 2.97. The quantitative estimate of drug-likeness (QED) is 0.739. The Morgan fingerprint density at radius 3 is 2.83 bits per heavy atom. The Morgan fingerprint density at radius 1 is 1.28 bits per heavy atom. The molecular weight excluding hydrogens is 230 g/mol. The highest BCUT2D eigenvalue weighted by Crippen LogP contribution is 2.22. The molecule has 92 valence electrons. The number of aromatic nitrogens is 5. The van der Waals surface area contributed by atoms with E-state index in [-0.39, 0.29) is 0 Å². The van der Waals surface area contributed by atoms with Gasteiger partial charge in [-0.2, -0.15) is 10.2 Å². The van der Waals surface area contributed by atoms with Gasteiger partial charge in [0.25, 0.3) is 0 Å². The number of aryl methyl sites for hydroxylation is 1. The van der Waals surface area contributed by atoms with Gasteiger partial charge in [0.05, 0.1) is 6.26 Å². The van der Waals surface area contributed by atoms with Crippen molar-refractivity contribution in [1.29, 1.82) is 0 Å². The summed E-state index contributed by atoms with van der Waals surface area (Å²) in [4.78, 5) is 4.39. The van der Waals surface area contributed by atoms with Crippen molar-refractivity contribution < 1.29 is 4.42 Å². The number of furan rings is 1. The molecule has 3 aromatic heterocycles. The summed E-state index contributed by atoms with van der Waals surface area (Å²) in [5.74, 6) is 1.85. The third-order valence-electron chi connectivity index (χ3n) is 2.92. The van der Waals surface area contributed by atoms with Gasteiger partial charge in [0.2, 0.25) is 5.82 Å². The second-order valence-electron chi connectivity index (χ2n) is 4.01. The Hall–Kier alpha value is -2.37. The molecule has 0 fully saturated rings. The van der Waals surface area contributed by atoms with Gasteiger partial charge in [-0.25, -0.2) is 4.98 Å². The molecule has 0 atom stereocenters. The summed E-state index contributed by atoms with van der Waals surface area (Å²) in [6, 6.07) is 3.64. The molecule has 18 heavy (non-hydrogen) atoms. The average molecular weight is 243 g/mol. The number of nitrogens with one attached hydrogen (secondary N) is 2. The van der Waals surface area contributed by atoms with E-state index in [1.165, 1.54) is 0 Å². The smallest absolute Gasteiger partial charge is 0.202 e. The van der Waals surface area contributed by atoms with Crippen LogP contribution in [0, 0.1) is 6.92 Å². The maximum atomic E-state index is 5.26. The molecule has 0 saturated carbocycles. The van der Waals surface area contributed by atoms with Crippen molar-refractivity contribution in [3.63, 3.8) is 0 Å². The molecule has 0 aromatic carbocycles. The van der Waals surface area contributed by atoms with Gasteiger partial charge in [-0.05, 0) is 25.5 Å². The zero-order valence-corrected chi connectivity index (χ0v) is 10.2. The van der Waals surface area contributed by atoms with E-state index >= 15 is 0 Å². The molecule has 0 aliphatic heterocycles. The summed E-state index contributed by atoms with van der Waals surface area (Å²) in [5, 5.41) is 14.3. The Morgan fingerprint density at radius 2 is 2.17 bits per heavy atom. The average Bonchev–Trinajstić information content (AvgIpc) is 3.08. The van der Waals surface area contributed by atoms with E-state index in [1.807, 2.05) is 19.1 Å². The Bertz CT molecular complexity index is 650. The molecule has 3 aromatic rings. The third kappa shape index (κ3) is 1.62. The lowest BCUT2D eigenvalue weighted by Crippen LogP contribution is -1.85. The van der Waals surface area contributed by atoms with Crippen molar-refractivity contribution in [2.45, 2.75) is 20.3 Å². The topological polar surface area (TPSA) is 83.4 Å². The number of hydrogen-bond donors (Lipinski definition) is 2. The molecule has 0 radical (unpaired) electrons. The van der Waals surface area contributed by atoms with Gasteiger partial charge >= 0.3 is 0 Å². The summed E-state index contributed by atoms with van der Waals surface area (Å²) >= 11 is 0. The van der Waals surface area contributed by atoms with Crippen LogP contribution in [0.2, 0.25) is 0 Å². The largest absolute Gasteiger partial charge is 0.461 e. The molecule has 0 amide bonds. The number of H-pyrrole nitrogens is 2. The van der Waals surface area contributed by atoms with Crippen molar-refractivity contribution in [2.75, 3.05) is 0 Å². The van der Waals surface area contributed by atoms with Crippen molar-refractivity contribution >= 4 is 0 Å². The van der Waals surface area contributed by atoms with Crippen molar-refractivity contribution in [3.8, 4) is 23.1 Å². The lowest BCUT2D eigenvalue weighted by molar-refractivity contribution is 0.577. The fraction of sp³-hybridized carbons (Fsp3) is 0.250. The molecule has 0 aliphatic carbocycles. The van der Waals surface area contributed by atoms with Crippen LogP contribution >= 0.6 is 0 Å². The van der Waals surface area contributed by atoms with Crippen LogP contribution < -0.4 is 0 Å². The van der Waals surface area contributed by atoms with Crippen LogP contribution in [0.25, 0.3) is 23.1 Å². The number of rotatable bonds is 3.